The Bertz CT molecular complexity index is 464. The number of aliphatic hydroxyl groups is 1. The molecule has 0 saturated heterocycles. The molecule has 1 aromatic carbocycles. The molecule has 0 aliphatic rings. The summed E-state index contributed by atoms with van der Waals surface area (Å²) in [5.41, 5.74) is 1.40. The summed E-state index contributed by atoms with van der Waals surface area (Å²) in [6.07, 6.45) is 1.86. The molecule has 70 valence electrons. The molecule has 0 aliphatic heterocycles. The second-order valence-corrected chi connectivity index (χ2v) is 2.95. The molecule has 2 N–H and O–H groups in total. The van der Waals surface area contributed by atoms with Crippen molar-refractivity contribution >= 4 is 16.7 Å². The SMILES string of the molecule is O=C(/C=C/O)c1cc2ccccc2[nH]1. The van der Waals surface area contributed by atoms with Crippen LogP contribution in [-0.2, 0) is 0 Å². The van der Waals surface area contributed by atoms with E-state index in [0.717, 1.165) is 23.2 Å². The molecule has 0 spiro atoms. The average molecular weight is 187 g/mol. The molecule has 3 nitrogen and oxygen atoms in total. The van der Waals surface area contributed by atoms with Crippen molar-refractivity contribution in [2.45, 2.75) is 0 Å². The molecule has 1 aromatic heterocycles. The van der Waals surface area contributed by atoms with Crippen molar-refractivity contribution in [1.82, 2.24) is 4.98 Å². The van der Waals surface area contributed by atoms with Gasteiger partial charge in [0.2, 0.25) is 5.78 Å². The van der Waals surface area contributed by atoms with E-state index in [4.69, 9.17) is 5.11 Å². The number of rotatable bonds is 2. The Morgan fingerprint density at radius 3 is 2.86 bits per heavy atom. The van der Waals surface area contributed by atoms with E-state index in [1.807, 2.05) is 24.3 Å². The van der Waals surface area contributed by atoms with Gasteiger partial charge in [0, 0.05) is 17.0 Å². The number of aromatic amines is 1. The van der Waals surface area contributed by atoms with Crippen molar-refractivity contribution in [3.63, 3.8) is 0 Å². The van der Waals surface area contributed by atoms with Crippen molar-refractivity contribution in [3.8, 4) is 0 Å². The van der Waals surface area contributed by atoms with Crippen LogP contribution in [0, 0.1) is 0 Å². The number of para-hydroxylation sites is 1. The maximum Gasteiger partial charge on any atom is 0.205 e. The van der Waals surface area contributed by atoms with Gasteiger partial charge in [0.1, 0.15) is 0 Å². The van der Waals surface area contributed by atoms with Crippen LogP contribution < -0.4 is 0 Å². The van der Waals surface area contributed by atoms with Gasteiger partial charge in [-0.1, -0.05) is 18.2 Å². The number of hydrogen-bond acceptors (Lipinski definition) is 2. The number of carbonyl (C=O) groups excluding carboxylic acids is 1. The molecule has 3 heteroatoms. The summed E-state index contributed by atoms with van der Waals surface area (Å²) in [4.78, 5) is 14.3. The van der Waals surface area contributed by atoms with Gasteiger partial charge < -0.3 is 10.1 Å². The number of nitrogens with one attached hydrogen (secondary N) is 1. The van der Waals surface area contributed by atoms with E-state index in [1.54, 1.807) is 6.07 Å². The smallest absolute Gasteiger partial charge is 0.205 e. The van der Waals surface area contributed by atoms with E-state index in [9.17, 15) is 4.79 Å². The summed E-state index contributed by atoms with van der Waals surface area (Å²) in [7, 11) is 0. The van der Waals surface area contributed by atoms with Crippen molar-refractivity contribution in [2.24, 2.45) is 0 Å². The van der Waals surface area contributed by atoms with Crippen LogP contribution >= 0.6 is 0 Å². The Labute approximate surface area is 80.7 Å². The maximum atomic E-state index is 11.3. The first-order valence-electron chi connectivity index (χ1n) is 4.24. The summed E-state index contributed by atoms with van der Waals surface area (Å²) >= 11 is 0. The predicted octanol–water partition coefficient (Wildman–Crippen LogP) is 2.42. The highest BCUT2D eigenvalue weighted by atomic mass is 16.2. The van der Waals surface area contributed by atoms with Gasteiger partial charge in [0.25, 0.3) is 0 Å². The van der Waals surface area contributed by atoms with Crippen LogP contribution in [0.15, 0.2) is 42.7 Å². The number of fused-ring (bicyclic) bond motifs is 1. The first-order chi connectivity index (χ1) is 6.81. The molecule has 0 aliphatic carbocycles. The number of aromatic nitrogens is 1. The van der Waals surface area contributed by atoms with Gasteiger partial charge in [-0.2, -0.15) is 0 Å². The molecule has 2 rings (SSSR count). The van der Waals surface area contributed by atoms with Crippen LogP contribution in [0.1, 0.15) is 10.5 Å². The molecular formula is C11H9NO2. The van der Waals surface area contributed by atoms with Gasteiger partial charge in [-0.15, -0.1) is 0 Å². The Kier molecular flexibility index (Phi) is 2.07. The fourth-order valence-electron chi connectivity index (χ4n) is 1.36. The zero-order valence-electron chi connectivity index (χ0n) is 7.40. The lowest BCUT2D eigenvalue weighted by molar-refractivity contribution is 0.104. The second-order valence-electron chi connectivity index (χ2n) is 2.95. The highest BCUT2D eigenvalue weighted by Crippen LogP contribution is 2.14. The lowest BCUT2D eigenvalue weighted by Gasteiger charge is -1.86. The summed E-state index contributed by atoms with van der Waals surface area (Å²) < 4.78 is 0. The van der Waals surface area contributed by atoms with E-state index in [-0.39, 0.29) is 5.78 Å². The quantitative estimate of drug-likeness (QED) is 0.431. The van der Waals surface area contributed by atoms with Gasteiger partial charge in [-0.25, -0.2) is 0 Å². The molecule has 0 fully saturated rings. The van der Waals surface area contributed by atoms with Crippen molar-refractivity contribution in [1.29, 1.82) is 0 Å². The fraction of sp³-hybridized carbons (Fsp3) is 0. The minimum absolute atomic E-state index is 0.233. The normalized spacial score (nSPS) is 11.1. The van der Waals surface area contributed by atoms with Crippen molar-refractivity contribution in [3.05, 3.63) is 48.4 Å². The van der Waals surface area contributed by atoms with Gasteiger partial charge in [-0.05, 0) is 12.1 Å². The number of ketones is 1. The zero-order chi connectivity index (χ0) is 9.97. The minimum atomic E-state index is -0.233. The number of H-pyrrole nitrogens is 1. The number of benzene rings is 1. The lowest BCUT2D eigenvalue weighted by atomic mass is 10.2. The van der Waals surface area contributed by atoms with Gasteiger partial charge >= 0.3 is 0 Å². The first kappa shape index (κ1) is 8.56. The highest BCUT2D eigenvalue weighted by molar-refractivity contribution is 6.05. The Morgan fingerprint density at radius 1 is 1.36 bits per heavy atom. The summed E-state index contributed by atoms with van der Waals surface area (Å²) in [6.45, 7) is 0. The van der Waals surface area contributed by atoms with E-state index in [1.165, 1.54) is 0 Å². The fourth-order valence-corrected chi connectivity index (χ4v) is 1.36. The zero-order valence-corrected chi connectivity index (χ0v) is 7.40. The molecular weight excluding hydrogens is 178 g/mol. The largest absolute Gasteiger partial charge is 0.515 e. The number of aliphatic hydroxyl groups excluding tert-OH is 1. The number of allylic oxidation sites excluding steroid dienone is 1. The minimum Gasteiger partial charge on any atom is -0.515 e. The summed E-state index contributed by atoms with van der Waals surface area (Å²) in [5, 5.41) is 9.45. The standard InChI is InChI=1S/C11H9NO2/c13-6-5-11(14)10-7-8-3-1-2-4-9(8)12-10/h1-7,12-13H/b6-5+. The van der Waals surface area contributed by atoms with E-state index in [0.29, 0.717) is 5.69 Å². The summed E-state index contributed by atoms with van der Waals surface area (Å²) in [6, 6.07) is 9.39. The molecule has 0 saturated carbocycles. The van der Waals surface area contributed by atoms with Gasteiger partial charge in [0.05, 0.1) is 12.0 Å². The molecule has 1 heterocycles. The van der Waals surface area contributed by atoms with E-state index in [2.05, 4.69) is 4.98 Å². The Morgan fingerprint density at radius 2 is 2.14 bits per heavy atom. The molecule has 0 bridgehead atoms. The van der Waals surface area contributed by atoms with Crippen LogP contribution in [0.25, 0.3) is 10.9 Å². The molecule has 0 unspecified atom stereocenters. The van der Waals surface area contributed by atoms with Crippen molar-refractivity contribution in [2.75, 3.05) is 0 Å². The monoisotopic (exact) mass is 187 g/mol. The van der Waals surface area contributed by atoms with Crippen LogP contribution in [0.2, 0.25) is 0 Å². The van der Waals surface area contributed by atoms with Crippen LogP contribution in [-0.4, -0.2) is 15.9 Å². The van der Waals surface area contributed by atoms with E-state index < -0.39 is 0 Å². The van der Waals surface area contributed by atoms with Crippen LogP contribution in [0.4, 0.5) is 0 Å². The third-order valence-corrected chi connectivity index (χ3v) is 2.02. The molecule has 2 aromatic rings. The Hall–Kier alpha value is -2.03. The predicted molar refractivity (Wildman–Crippen MR) is 54.4 cm³/mol. The molecule has 14 heavy (non-hydrogen) atoms. The lowest BCUT2D eigenvalue weighted by Crippen LogP contribution is -1.93. The Balaban J connectivity index is 2.50. The first-order valence-corrected chi connectivity index (χ1v) is 4.24. The highest BCUT2D eigenvalue weighted by Gasteiger charge is 2.05. The van der Waals surface area contributed by atoms with Crippen LogP contribution in [0.3, 0.4) is 0 Å². The summed E-state index contributed by atoms with van der Waals surface area (Å²) in [5.74, 6) is -0.233. The molecule has 0 amide bonds. The number of carbonyl (C=O) groups is 1. The van der Waals surface area contributed by atoms with Crippen molar-refractivity contribution < 1.29 is 9.90 Å². The maximum absolute atomic E-state index is 11.3. The second kappa shape index (κ2) is 3.38. The third kappa shape index (κ3) is 1.40. The number of hydrogen-bond donors (Lipinski definition) is 2. The van der Waals surface area contributed by atoms with Gasteiger partial charge in [-0.3, -0.25) is 4.79 Å². The molecule has 0 atom stereocenters. The topological polar surface area (TPSA) is 53.1 Å². The van der Waals surface area contributed by atoms with E-state index >= 15 is 0 Å². The average Bonchev–Trinajstić information content (AvgIpc) is 2.61. The third-order valence-electron chi connectivity index (χ3n) is 2.02. The molecule has 0 radical (unpaired) electrons. The van der Waals surface area contributed by atoms with Crippen LogP contribution in [0.5, 0.6) is 0 Å². The van der Waals surface area contributed by atoms with Gasteiger partial charge in [0.15, 0.2) is 0 Å².